The van der Waals surface area contributed by atoms with Crippen LogP contribution in [0.4, 0.5) is 0 Å². The molecule has 0 aliphatic carbocycles. The Morgan fingerprint density at radius 2 is 1.83 bits per heavy atom. The first-order valence-corrected chi connectivity index (χ1v) is 10.7. The third kappa shape index (κ3) is 3.23. The summed E-state index contributed by atoms with van der Waals surface area (Å²) in [5, 5.41) is 4.74. The highest BCUT2D eigenvalue weighted by Crippen LogP contribution is 2.26. The van der Waals surface area contributed by atoms with Gasteiger partial charge in [-0.05, 0) is 59.0 Å². The molecule has 0 unspecified atom stereocenters. The minimum Gasteiger partial charge on any atom is -0.367 e. The molecule has 3 aliphatic heterocycles. The fraction of sp³-hybridized carbons (Fsp3) is 0.435. The summed E-state index contributed by atoms with van der Waals surface area (Å²) in [5.41, 5.74) is 6.06. The second-order valence-electron chi connectivity index (χ2n) is 8.69. The maximum Gasteiger partial charge on any atom is 0.133 e. The van der Waals surface area contributed by atoms with E-state index in [-0.39, 0.29) is 0 Å². The summed E-state index contributed by atoms with van der Waals surface area (Å²) in [5.74, 6) is 0.967. The highest BCUT2D eigenvalue weighted by Gasteiger charge is 2.28. The van der Waals surface area contributed by atoms with Crippen molar-refractivity contribution in [2.75, 3.05) is 26.7 Å². The average Bonchev–Trinajstić information content (AvgIpc) is 3.15. The van der Waals surface area contributed by atoms with Crippen LogP contribution in [0.15, 0.2) is 47.4 Å². The van der Waals surface area contributed by atoms with Crippen LogP contribution in [0.3, 0.4) is 0 Å². The molecule has 0 N–H and O–H groups in total. The van der Waals surface area contributed by atoms with Gasteiger partial charge in [0.2, 0.25) is 0 Å². The van der Waals surface area contributed by atoms with E-state index < -0.39 is 0 Å². The maximum atomic E-state index is 4.89. The molecular formula is C23H29N7. The first-order chi connectivity index (χ1) is 14.4. The fourth-order valence-electron chi connectivity index (χ4n) is 4.51. The summed E-state index contributed by atoms with van der Waals surface area (Å²) in [4.78, 5) is 16.6. The van der Waals surface area contributed by atoms with Crippen molar-refractivity contribution in [2.45, 2.75) is 39.8 Å². The van der Waals surface area contributed by atoms with E-state index in [0.717, 1.165) is 53.8 Å². The van der Waals surface area contributed by atoms with Crippen LogP contribution in [0.5, 0.6) is 0 Å². The molecule has 0 saturated carbocycles. The molecule has 2 aromatic rings. The van der Waals surface area contributed by atoms with Crippen LogP contribution in [-0.2, 0) is 0 Å². The highest BCUT2D eigenvalue weighted by molar-refractivity contribution is 6.00. The lowest BCUT2D eigenvalue weighted by molar-refractivity contribution is 0.0817. The minimum atomic E-state index is 0.544. The van der Waals surface area contributed by atoms with E-state index in [2.05, 4.69) is 71.1 Å². The molecule has 5 heterocycles. The van der Waals surface area contributed by atoms with Crippen LogP contribution < -0.4 is 0 Å². The summed E-state index contributed by atoms with van der Waals surface area (Å²) in [7, 11) is 2.22. The van der Waals surface area contributed by atoms with Gasteiger partial charge in [0.05, 0.1) is 34.5 Å². The number of hydrogen-bond donors (Lipinski definition) is 0. The van der Waals surface area contributed by atoms with Crippen molar-refractivity contribution >= 4 is 17.0 Å². The molecule has 2 atom stereocenters. The van der Waals surface area contributed by atoms with Crippen molar-refractivity contribution in [3.63, 3.8) is 0 Å². The Bertz CT molecular complexity index is 1110. The number of piperazine rings is 1. The smallest absolute Gasteiger partial charge is 0.133 e. The van der Waals surface area contributed by atoms with Crippen molar-refractivity contribution in [3.05, 3.63) is 59.5 Å². The van der Waals surface area contributed by atoms with E-state index in [4.69, 9.17) is 10.1 Å². The van der Waals surface area contributed by atoms with Gasteiger partial charge in [0, 0.05) is 37.9 Å². The minimum absolute atomic E-state index is 0.544. The molecule has 1 fully saturated rings. The van der Waals surface area contributed by atoms with Crippen molar-refractivity contribution in [1.29, 1.82) is 0 Å². The zero-order valence-corrected chi connectivity index (χ0v) is 18.4. The van der Waals surface area contributed by atoms with Crippen molar-refractivity contribution in [3.8, 4) is 0 Å². The molecule has 30 heavy (non-hydrogen) atoms. The molecule has 1 saturated heterocycles. The van der Waals surface area contributed by atoms with Gasteiger partial charge in [0.25, 0.3) is 0 Å². The molecule has 2 aromatic heterocycles. The largest absolute Gasteiger partial charge is 0.367 e. The second-order valence-corrected chi connectivity index (χ2v) is 8.69. The Kier molecular flexibility index (Phi) is 4.50. The van der Waals surface area contributed by atoms with E-state index in [0.29, 0.717) is 12.1 Å². The van der Waals surface area contributed by atoms with Gasteiger partial charge >= 0.3 is 0 Å². The summed E-state index contributed by atoms with van der Waals surface area (Å²) in [6.07, 6.45) is 10.7. The predicted molar refractivity (Wildman–Crippen MR) is 120 cm³/mol. The van der Waals surface area contributed by atoms with Crippen LogP contribution in [0.1, 0.15) is 30.9 Å². The number of aromatic nitrogens is 3. The van der Waals surface area contributed by atoms with E-state index in [1.54, 1.807) is 0 Å². The van der Waals surface area contributed by atoms with Crippen LogP contribution in [0.25, 0.3) is 11.2 Å². The quantitative estimate of drug-likeness (QED) is 0.772. The van der Waals surface area contributed by atoms with Crippen molar-refractivity contribution in [1.82, 2.24) is 29.3 Å². The molecule has 0 amide bonds. The molecule has 0 spiro atoms. The third-order valence-electron chi connectivity index (χ3n) is 6.45. The van der Waals surface area contributed by atoms with Gasteiger partial charge in [0.15, 0.2) is 0 Å². The summed E-state index contributed by atoms with van der Waals surface area (Å²) < 4.78 is 1.91. The van der Waals surface area contributed by atoms with Gasteiger partial charge in [-0.2, -0.15) is 5.10 Å². The van der Waals surface area contributed by atoms with E-state index >= 15 is 0 Å². The molecule has 0 aromatic carbocycles. The van der Waals surface area contributed by atoms with E-state index in [9.17, 15) is 0 Å². The molecule has 5 rings (SSSR count). The number of allylic oxidation sites excluding steroid dienone is 1. The summed E-state index contributed by atoms with van der Waals surface area (Å²) in [6, 6.07) is 3.17. The van der Waals surface area contributed by atoms with Crippen LogP contribution in [0, 0.1) is 13.8 Å². The van der Waals surface area contributed by atoms with Gasteiger partial charge in [-0.15, -0.1) is 0 Å². The van der Waals surface area contributed by atoms with Gasteiger partial charge in [-0.3, -0.25) is 9.88 Å². The van der Waals surface area contributed by atoms with Crippen molar-refractivity contribution in [2.24, 2.45) is 4.99 Å². The second kappa shape index (κ2) is 7.09. The molecular weight excluding hydrogens is 374 g/mol. The molecule has 3 aliphatic rings. The Balaban J connectivity index is 1.38. The number of likely N-dealkylation sites (N-methyl/N-ethyl adjacent to an activating group) is 1. The van der Waals surface area contributed by atoms with Gasteiger partial charge in [0.1, 0.15) is 11.5 Å². The van der Waals surface area contributed by atoms with Crippen molar-refractivity contribution < 1.29 is 0 Å². The molecule has 156 valence electrons. The Morgan fingerprint density at radius 3 is 2.60 bits per heavy atom. The maximum absolute atomic E-state index is 4.89. The number of nitrogens with zero attached hydrogens (tertiary/aromatic N) is 7. The molecule has 0 bridgehead atoms. The predicted octanol–water partition coefficient (Wildman–Crippen LogP) is 2.84. The van der Waals surface area contributed by atoms with Crippen LogP contribution >= 0.6 is 0 Å². The summed E-state index contributed by atoms with van der Waals surface area (Å²) in [6.45, 7) is 11.5. The lowest BCUT2D eigenvalue weighted by atomic mass is 10.1. The van der Waals surface area contributed by atoms with Crippen LogP contribution in [-0.4, -0.2) is 73.9 Å². The fourth-order valence-corrected chi connectivity index (χ4v) is 4.51. The molecule has 7 heteroatoms. The first kappa shape index (κ1) is 19.1. The normalized spacial score (nSPS) is 24.6. The lowest BCUT2D eigenvalue weighted by Gasteiger charge is -2.44. The van der Waals surface area contributed by atoms with E-state index in [1.807, 2.05) is 24.6 Å². The SMILES string of the molecule is Cc1cn2nc(C3=CCN4C=C(N5C[C@@H](C)N(C)[C@@H](C)C5)C=CC4=N3)cc2c(C)n1. The standard InChI is InChI=1S/C23H29N7/c1-15-11-30-22(18(4)24-15)10-21(26-30)20-8-9-28-14-19(6-7-23(28)25-20)29-12-16(2)27(5)17(3)13-29/h6-8,10-11,14,16-17H,9,12-13H2,1-5H3/t16-,17+. The number of aliphatic imine (C=N–C) groups is 1. The zero-order valence-electron chi connectivity index (χ0n) is 18.4. The number of fused-ring (bicyclic) bond motifs is 2. The summed E-state index contributed by atoms with van der Waals surface area (Å²) >= 11 is 0. The van der Waals surface area contributed by atoms with Gasteiger partial charge < -0.3 is 9.80 Å². The molecule has 0 radical (unpaired) electrons. The third-order valence-corrected chi connectivity index (χ3v) is 6.45. The van der Waals surface area contributed by atoms with E-state index in [1.165, 1.54) is 5.70 Å². The zero-order chi connectivity index (χ0) is 21.0. The van der Waals surface area contributed by atoms with Gasteiger partial charge in [-0.1, -0.05) is 0 Å². The van der Waals surface area contributed by atoms with Gasteiger partial charge in [-0.25, -0.2) is 9.51 Å². The first-order valence-electron chi connectivity index (χ1n) is 10.7. The topological polar surface area (TPSA) is 52.3 Å². The highest BCUT2D eigenvalue weighted by atomic mass is 15.3. The number of hydrogen-bond acceptors (Lipinski definition) is 6. The van der Waals surface area contributed by atoms with Crippen LogP contribution in [0.2, 0.25) is 0 Å². The number of rotatable bonds is 2. The molecule has 7 nitrogen and oxygen atoms in total. The monoisotopic (exact) mass is 403 g/mol. The number of amidine groups is 1. The Morgan fingerprint density at radius 1 is 1.07 bits per heavy atom. The Hall–Kier alpha value is -2.93. The lowest BCUT2D eigenvalue weighted by Crippen LogP contribution is -2.54. The Labute approximate surface area is 177 Å². The number of aryl methyl sites for hydroxylation is 2. The average molecular weight is 404 g/mol.